The summed E-state index contributed by atoms with van der Waals surface area (Å²) in [6.45, 7) is 10.1. The number of hydrogen-bond acceptors (Lipinski definition) is 4. The highest BCUT2D eigenvalue weighted by Crippen LogP contribution is 2.54. The fourth-order valence-electron chi connectivity index (χ4n) is 2.82. The fraction of sp³-hybridized carbons (Fsp3) is 0.478. The van der Waals surface area contributed by atoms with Crippen LogP contribution in [0.25, 0.3) is 0 Å². The largest absolute Gasteiger partial charge is 0.331 e. The molecule has 0 aliphatic heterocycles. The highest BCUT2D eigenvalue weighted by Gasteiger charge is 2.37. The van der Waals surface area contributed by atoms with E-state index in [0.29, 0.717) is 0 Å². The van der Waals surface area contributed by atoms with Gasteiger partial charge >= 0.3 is 7.60 Å². The van der Waals surface area contributed by atoms with E-state index >= 15 is 0 Å². The van der Waals surface area contributed by atoms with Crippen LogP contribution in [0.15, 0.2) is 60.7 Å². The lowest BCUT2D eigenvalue weighted by atomic mass is 9.94. The van der Waals surface area contributed by atoms with Gasteiger partial charge in [0.2, 0.25) is 0 Å². The Morgan fingerprint density at radius 1 is 0.793 bits per heavy atom. The third-order valence-corrected chi connectivity index (χ3v) is 6.77. The Balaban J connectivity index is 2.12. The van der Waals surface area contributed by atoms with Gasteiger partial charge in [-0.25, -0.2) is 0 Å². The minimum atomic E-state index is -3.45. The molecule has 0 saturated carbocycles. The zero-order valence-corrected chi connectivity index (χ0v) is 19.0. The molecule has 1 radical (unpaired) electrons. The molecule has 2 rings (SSSR count). The van der Waals surface area contributed by atoms with E-state index in [2.05, 4.69) is 0 Å². The molecule has 0 aromatic heterocycles. The average Bonchev–Trinajstić information content (AvgIpc) is 2.65. The first-order chi connectivity index (χ1) is 13.5. The van der Waals surface area contributed by atoms with E-state index in [1.807, 2.05) is 95.3 Å². The minimum absolute atomic E-state index is 0.161. The van der Waals surface area contributed by atoms with Crippen molar-refractivity contribution in [1.29, 1.82) is 0 Å². The molecule has 0 N–H and O–H groups in total. The second-order valence-electron chi connectivity index (χ2n) is 9.16. The maximum absolute atomic E-state index is 13.6. The summed E-state index contributed by atoms with van der Waals surface area (Å²) in [6.07, 6.45) is 0.161. The van der Waals surface area contributed by atoms with E-state index in [1.165, 1.54) is 0 Å². The van der Waals surface area contributed by atoms with Gasteiger partial charge in [-0.2, -0.15) is 0 Å². The minimum Gasteiger partial charge on any atom is -0.304 e. The lowest BCUT2D eigenvalue weighted by molar-refractivity contribution is -0.224. The van der Waals surface area contributed by atoms with Crippen LogP contribution in [0.3, 0.4) is 0 Å². The maximum atomic E-state index is 13.6. The molecule has 0 fully saturated rings. The van der Waals surface area contributed by atoms with Gasteiger partial charge < -0.3 is 9.05 Å². The van der Waals surface area contributed by atoms with Crippen molar-refractivity contribution in [3.8, 4) is 0 Å². The van der Waals surface area contributed by atoms with Crippen LogP contribution in [0.4, 0.5) is 0 Å². The van der Waals surface area contributed by atoms with Crippen molar-refractivity contribution < 1.29 is 18.8 Å². The standard InChI is InChI=1S/C23H33NO4P/c1-22(2,3)24(25)18-23(4,5)19-29(26,27-16-20-12-8-6-9-13-20)28-17-21-14-10-7-11-15-21/h6-15H,16-19H2,1-5H3. The summed E-state index contributed by atoms with van der Waals surface area (Å²) >= 11 is 0. The highest BCUT2D eigenvalue weighted by atomic mass is 31.2. The second-order valence-corrected chi connectivity index (χ2v) is 11.2. The number of hydrogen-bond donors (Lipinski definition) is 0. The van der Waals surface area contributed by atoms with Crippen LogP contribution in [0.1, 0.15) is 45.7 Å². The molecule has 0 aliphatic rings. The van der Waals surface area contributed by atoms with Crippen molar-refractivity contribution in [1.82, 2.24) is 5.06 Å². The van der Waals surface area contributed by atoms with Gasteiger partial charge in [-0.3, -0.25) is 4.57 Å². The van der Waals surface area contributed by atoms with Gasteiger partial charge in [-0.05, 0) is 37.3 Å². The van der Waals surface area contributed by atoms with E-state index in [1.54, 1.807) is 0 Å². The van der Waals surface area contributed by atoms with E-state index in [0.717, 1.165) is 16.2 Å². The molecule has 6 heteroatoms. The van der Waals surface area contributed by atoms with Crippen LogP contribution < -0.4 is 0 Å². The Kier molecular flexibility index (Phi) is 8.21. The van der Waals surface area contributed by atoms with Crippen LogP contribution in [0.2, 0.25) is 0 Å². The molecule has 0 saturated heterocycles. The summed E-state index contributed by atoms with van der Waals surface area (Å²) in [7, 11) is -3.45. The molecule has 0 atom stereocenters. The molecule has 0 unspecified atom stereocenters. The van der Waals surface area contributed by atoms with Crippen molar-refractivity contribution in [3.05, 3.63) is 71.8 Å². The van der Waals surface area contributed by atoms with Crippen LogP contribution in [-0.4, -0.2) is 23.3 Å². The molecule has 29 heavy (non-hydrogen) atoms. The first-order valence-electron chi connectivity index (χ1n) is 9.90. The van der Waals surface area contributed by atoms with Crippen molar-refractivity contribution in [2.45, 2.75) is 53.4 Å². The van der Waals surface area contributed by atoms with Gasteiger partial charge in [0, 0.05) is 12.1 Å². The van der Waals surface area contributed by atoms with Crippen LogP contribution in [-0.2, 0) is 32.0 Å². The van der Waals surface area contributed by atoms with Crippen molar-refractivity contribution in [3.63, 3.8) is 0 Å². The van der Waals surface area contributed by atoms with Gasteiger partial charge in [0.25, 0.3) is 0 Å². The molecule has 0 spiro atoms. The predicted octanol–water partition coefficient (Wildman–Crippen LogP) is 6.09. The molecule has 5 nitrogen and oxygen atoms in total. The maximum Gasteiger partial charge on any atom is 0.331 e. The van der Waals surface area contributed by atoms with Gasteiger partial charge in [0.15, 0.2) is 0 Å². The smallest absolute Gasteiger partial charge is 0.304 e. The summed E-state index contributed by atoms with van der Waals surface area (Å²) in [6, 6.07) is 19.2. The number of rotatable bonds is 10. The number of hydroxylamine groups is 2. The summed E-state index contributed by atoms with van der Waals surface area (Å²) < 4.78 is 25.3. The Bertz CT molecular complexity index is 740. The lowest BCUT2D eigenvalue weighted by Crippen LogP contribution is -2.44. The van der Waals surface area contributed by atoms with Crippen molar-refractivity contribution in [2.24, 2.45) is 5.41 Å². The Labute approximate surface area is 175 Å². The molecular weight excluding hydrogens is 385 g/mol. The monoisotopic (exact) mass is 418 g/mol. The van der Waals surface area contributed by atoms with E-state index < -0.39 is 18.5 Å². The molecule has 0 amide bonds. The molecule has 0 heterocycles. The van der Waals surface area contributed by atoms with Crippen LogP contribution >= 0.6 is 7.60 Å². The second kappa shape index (κ2) is 10.0. The molecular formula is C23H33NO4P. The summed E-state index contributed by atoms with van der Waals surface area (Å²) in [5.41, 5.74) is 0.789. The Morgan fingerprint density at radius 2 is 1.21 bits per heavy atom. The normalized spacial score (nSPS) is 13.1. The van der Waals surface area contributed by atoms with E-state index in [9.17, 15) is 9.77 Å². The molecule has 0 aliphatic carbocycles. The zero-order valence-electron chi connectivity index (χ0n) is 18.1. The van der Waals surface area contributed by atoms with Gasteiger partial charge in [0.05, 0.1) is 19.4 Å². The average molecular weight is 418 g/mol. The summed E-state index contributed by atoms with van der Waals surface area (Å²) in [5.74, 6) is 0. The summed E-state index contributed by atoms with van der Waals surface area (Å²) in [5, 5.41) is 13.5. The van der Waals surface area contributed by atoms with Gasteiger partial charge in [-0.15, -0.1) is 10.3 Å². The number of benzene rings is 2. The quantitative estimate of drug-likeness (QED) is 0.346. The molecule has 2 aromatic rings. The number of nitrogens with zero attached hydrogens (tertiary/aromatic N) is 1. The van der Waals surface area contributed by atoms with Gasteiger partial charge in [-0.1, -0.05) is 74.5 Å². The summed E-state index contributed by atoms with van der Waals surface area (Å²) in [4.78, 5) is 0. The third kappa shape index (κ3) is 8.41. The Hall–Kier alpha value is -1.49. The third-order valence-electron chi connectivity index (χ3n) is 4.48. The zero-order chi connectivity index (χ0) is 21.5. The topological polar surface area (TPSA) is 58.7 Å². The van der Waals surface area contributed by atoms with Crippen molar-refractivity contribution >= 4 is 7.60 Å². The van der Waals surface area contributed by atoms with Gasteiger partial charge in [0.1, 0.15) is 0 Å². The first-order valence-corrected chi connectivity index (χ1v) is 11.6. The van der Waals surface area contributed by atoms with Crippen molar-refractivity contribution in [2.75, 3.05) is 12.7 Å². The van der Waals surface area contributed by atoms with Crippen LogP contribution in [0.5, 0.6) is 0 Å². The first kappa shape index (κ1) is 23.8. The highest BCUT2D eigenvalue weighted by molar-refractivity contribution is 7.53. The molecule has 2 aromatic carbocycles. The Morgan fingerprint density at radius 3 is 1.59 bits per heavy atom. The molecule has 159 valence electrons. The van der Waals surface area contributed by atoms with Crippen LogP contribution in [0, 0.1) is 5.41 Å². The fourth-order valence-corrected chi connectivity index (χ4v) is 4.92. The van der Waals surface area contributed by atoms with E-state index in [4.69, 9.17) is 9.05 Å². The van der Waals surface area contributed by atoms with E-state index in [-0.39, 0.29) is 25.9 Å². The SMILES string of the molecule is CC(C)(CN([O])C(C)(C)C)CP(=O)(OCc1ccccc1)OCc1ccccc1. The predicted molar refractivity (Wildman–Crippen MR) is 116 cm³/mol. The molecule has 0 bridgehead atoms. The lowest BCUT2D eigenvalue weighted by Gasteiger charge is -2.36.